The van der Waals surface area contributed by atoms with Crippen molar-refractivity contribution in [3.05, 3.63) is 30.3 Å². The van der Waals surface area contributed by atoms with Crippen LogP contribution in [0.1, 0.15) is 0 Å². The Bertz CT molecular complexity index is 141. The number of rotatable bonds is 0. The molecule has 1 rings (SSSR count). The molecule has 9 heavy (non-hydrogen) atoms. The summed E-state index contributed by atoms with van der Waals surface area (Å²) in [4.78, 5) is 0. The van der Waals surface area contributed by atoms with Crippen molar-refractivity contribution in [3.8, 4) is 5.75 Å². The molecule has 3 heteroatoms. The molecule has 0 unspecified atom stereocenters. The number of aromatic hydroxyl groups is 1. The predicted octanol–water partition coefficient (Wildman–Crippen LogP) is -5.00. The van der Waals surface area contributed by atoms with Crippen molar-refractivity contribution in [1.82, 2.24) is 0 Å². The van der Waals surface area contributed by atoms with Crippen LogP contribution in [-0.4, -0.2) is 5.11 Å². The topological polar surface area (TPSA) is 20.2 Å². The van der Waals surface area contributed by atoms with E-state index >= 15 is 0 Å². The second-order valence-electron chi connectivity index (χ2n) is 1.16. The van der Waals surface area contributed by atoms with Gasteiger partial charge in [0.2, 0.25) is 0 Å². The fourth-order valence-electron chi connectivity index (χ4n) is 0.344. The van der Waals surface area contributed by atoms with Crippen molar-refractivity contribution in [2.45, 2.75) is 0 Å². The summed E-state index contributed by atoms with van der Waals surface area (Å²) in [5.41, 5.74) is 0. The van der Waals surface area contributed by atoms with E-state index in [9.17, 15) is 0 Å². The van der Waals surface area contributed by atoms with Gasteiger partial charge in [-0.15, -0.1) is 5.75 Å². The maximum absolute atomic E-state index is 8.52. The van der Waals surface area contributed by atoms with Crippen LogP contribution in [0.3, 0.4) is 0 Å². The molecule has 0 bridgehead atoms. The predicted molar refractivity (Wildman–Crippen MR) is 25.8 cm³/mol. The van der Waals surface area contributed by atoms with Gasteiger partial charge in [0.05, 0.1) is 0 Å². The Balaban J connectivity index is 0. The van der Waals surface area contributed by atoms with Crippen LogP contribution >= 0.6 is 0 Å². The normalized spacial score (nSPS) is 6.67. The van der Waals surface area contributed by atoms with Gasteiger partial charge in [-0.25, -0.2) is 0 Å². The molecule has 0 aromatic heterocycles. The first-order valence-electron chi connectivity index (χ1n) is 1.97. The third-order valence-electron chi connectivity index (χ3n) is 0.633. The van der Waals surface area contributed by atoms with Crippen molar-refractivity contribution in [3.63, 3.8) is 0 Å². The first-order valence-corrected chi connectivity index (χ1v) is 1.97. The summed E-state index contributed by atoms with van der Waals surface area (Å²) < 4.78 is 0. The molecule has 1 N–H and O–H groups in total. The van der Waals surface area contributed by atoms with Gasteiger partial charge in [0.1, 0.15) is 0 Å². The molecule has 0 spiro atoms. The second kappa shape index (κ2) is 8.72. The zero-order chi connectivity index (χ0) is 5.11. The van der Waals surface area contributed by atoms with E-state index in [2.05, 4.69) is 12.1 Å². The van der Waals surface area contributed by atoms with E-state index in [1.165, 1.54) is 0 Å². The van der Waals surface area contributed by atoms with Crippen molar-refractivity contribution >= 4 is 0 Å². The van der Waals surface area contributed by atoms with Crippen LogP contribution in [0.25, 0.3) is 0 Å². The molecule has 36 valence electrons. The first kappa shape index (κ1) is 14.2. The minimum atomic E-state index is 0. The zero-order valence-corrected chi connectivity index (χ0v) is 15.5. The van der Waals surface area contributed by atoms with E-state index in [4.69, 9.17) is 5.11 Å². The van der Waals surface area contributed by atoms with E-state index in [1.807, 2.05) is 0 Å². The van der Waals surface area contributed by atoms with Gasteiger partial charge in [-0.05, 0) is 0 Å². The largest absolute Gasteiger partial charge is 1.00 e. The maximum Gasteiger partial charge on any atom is 1.00 e. The minimum absolute atomic E-state index is 0. The Labute approximate surface area is 153 Å². The van der Waals surface area contributed by atoms with Crippen molar-refractivity contribution in [2.24, 2.45) is 0 Å². The van der Waals surface area contributed by atoms with E-state index in [0.29, 0.717) is 0 Å². The fraction of sp³-hybridized carbons (Fsp3) is 0. The van der Waals surface area contributed by atoms with Gasteiger partial charge in [0.15, 0.2) is 0 Å². The van der Waals surface area contributed by atoms with Crippen molar-refractivity contribution < 1.29 is 121 Å². The van der Waals surface area contributed by atoms with Crippen LogP contribution in [-0.2, 0) is 0 Å². The molecule has 0 saturated heterocycles. The number of para-hydroxylation sites is 1. The van der Waals surface area contributed by atoms with Gasteiger partial charge in [-0.2, -0.15) is 0 Å². The molecular weight excluding hydrogens is 259 g/mol. The molecule has 0 amide bonds. The van der Waals surface area contributed by atoms with Gasteiger partial charge < -0.3 is 17.2 Å². The number of benzene rings is 1. The molecule has 0 aliphatic rings. The molecule has 1 nitrogen and oxygen atoms in total. The summed E-state index contributed by atoms with van der Waals surface area (Å²) in [6, 6.07) is 10.1. The van der Waals surface area contributed by atoms with Crippen LogP contribution in [0, 0.1) is 12.1 Å². The Morgan fingerprint density at radius 3 is 1.78 bits per heavy atom. The number of phenolic OH excluding ortho intramolecular Hbond substituents is 1. The quantitative estimate of drug-likeness (QED) is 0.465. The van der Waals surface area contributed by atoms with Crippen LogP contribution in [0.4, 0.5) is 0 Å². The van der Waals surface area contributed by atoms with Gasteiger partial charge in [0, 0.05) is 0 Å². The molecule has 0 aliphatic carbocycles. The Morgan fingerprint density at radius 2 is 1.56 bits per heavy atom. The van der Waals surface area contributed by atoms with Gasteiger partial charge in [0.25, 0.3) is 0 Å². The molecule has 1 aromatic carbocycles. The third-order valence-corrected chi connectivity index (χ3v) is 0.633. The Hall–Kier alpha value is 2.63. The molecule has 0 fully saturated rings. The molecule has 0 saturated carbocycles. The van der Waals surface area contributed by atoms with E-state index < -0.39 is 0 Å². The second-order valence-corrected chi connectivity index (χ2v) is 1.16. The van der Waals surface area contributed by atoms with Crippen LogP contribution in [0.15, 0.2) is 18.2 Å². The van der Waals surface area contributed by atoms with E-state index in [0.717, 1.165) is 0 Å². The number of hydrogen-bond acceptors (Lipinski definition) is 1. The summed E-state index contributed by atoms with van der Waals surface area (Å²) in [5.74, 6) is 0.0718. The molecule has 1 aromatic rings. The summed E-state index contributed by atoms with van der Waals surface area (Å²) in [6.45, 7) is 0. The standard InChI is InChI=1S/C6H4O.2Rb/c7-6-4-2-1-3-5-6;;/h1-3,7H;;/q-2;2*+1. The number of hydrogen-bond donors (Lipinski definition) is 1. The Kier molecular flexibility index (Phi) is 13.7. The summed E-state index contributed by atoms with van der Waals surface area (Å²) >= 11 is 0. The van der Waals surface area contributed by atoms with Crippen LogP contribution in [0.5, 0.6) is 5.75 Å². The van der Waals surface area contributed by atoms with Crippen LogP contribution < -0.4 is 116 Å². The Morgan fingerprint density at radius 1 is 1.11 bits per heavy atom. The first-order chi connectivity index (χ1) is 3.39. The van der Waals surface area contributed by atoms with E-state index in [1.54, 1.807) is 18.2 Å². The van der Waals surface area contributed by atoms with Gasteiger partial charge >= 0.3 is 116 Å². The van der Waals surface area contributed by atoms with Gasteiger partial charge in [-0.1, -0.05) is 0 Å². The maximum atomic E-state index is 8.52. The average Bonchev–Trinajstić information content (AvgIpc) is 1.69. The summed E-state index contributed by atoms with van der Waals surface area (Å²) in [5, 5.41) is 8.52. The van der Waals surface area contributed by atoms with E-state index in [-0.39, 0.29) is 122 Å². The third kappa shape index (κ3) is 7.01. The smallest absolute Gasteiger partial charge is 0.559 e. The molecule has 0 atom stereocenters. The zero-order valence-electron chi connectivity index (χ0n) is 5.68. The SMILES string of the molecule is Oc1[c-]ccc[c-]1.[Rb+].[Rb+]. The monoisotopic (exact) mass is 262 g/mol. The van der Waals surface area contributed by atoms with Crippen molar-refractivity contribution in [1.29, 1.82) is 0 Å². The fourth-order valence-corrected chi connectivity index (χ4v) is 0.344. The van der Waals surface area contributed by atoms with Crippen molar-refractivity contribution in [2.75, 3.05) is 0 Å². The average molecular weight is 263 g/mol. The molecular formula is C6H4ORb2. The summed E-state index contributed by atoms with van der Waals surface area (Å²) in [6.07, 6.45) is 0. The molecule has 0 heterocycles. The summed E-state index contributed by atoms with van der Waals surface area (Å²) in [7, 11) is 0. The van der Waals surface area contributed by atoms with Gasteiger partial charge in [-0.3, -0.25) is 18.2 Å². The van der Waals surface area contributed by atoms with Crippen LogP contribution in [0.2, 0.25) is 0 Å². The number of phenols is 1. The molecule has 0 radical (unpaired) electrons. The minimum Gasteiger partial charge on any atom is -0.559 e. The molecule has 0 aliphatic heterocycles.